The quantitative estimate of drug-likeness (QED) is 0.242. The van der Waals surface area contributed by atoms with E-state index in [4.69, 9.17) is 4.74 Å². The molecule has 1 fully saturated rings. The van der Waals surface area contributed by atoms with Gasteiger partial charge in [0.15, 0.2) is 5.65 Å². The summed E-state index contributed by atoms with van der Waals surface area (Å²) < 4.78 is 47.1. The van der Waals surface area contributed by atoms with Crippen LogP contribution in [0.3, 0.4) is 0 Å². The molecule has 42 heavy (non-hydrogen) atoms. The Balaban J connectivity index is 1.29. The van der Waals surface area contributed by atoms with Gasteiger partial charge in [-0.25, -0.2) is 24.9 Å². The minimum absolute atomic E-state index is 0.138. The number of benzene rings is 1. The van der Waals surface area contributed by atoms with Gasteiger partial charge in [-0.2, -0.15) is 13.2 Å². The van der Waals surface area contributed by atoms with Crippen molar-refractivity contribution in [3.05, 3.63) is 84.2 Å². The number of carbonyl (C=O) groups is 1. The number of hydrogen-bond acceptors (Lipinski definition) is 8. The van der Waals surface area contributed by atoms with Gasteiger partial charge in [0.25, 0.3) is 5.91 Å². The number of anilines is 3. The summed E-state index contributed by atoms with van der Waals surface area (Å²) in [5.74, 6) is -0.344. The molecule has 1 unspecified atom stereocenters. The van der Waals surface area contributed by atoms with Gasteiger partial charge in [0, 0.05) is 35.8 Å². The lowest BCUT2D eigenvalue weighted by Crippen LogP contribution is -2.17. The number of aromatic nitrogens is 6. The highest BCUT2D eigenvalue weighted by Gasteiger charge is 2.31. The number of nitrogens with zero attached hydrogens (tertiary/aromatic N) is 6. The Morgan fingerprint density at radius 1 is 1.02 bits per heavy atom. The molecule has 1 atom stereocenters. The summed E-state index contributed by atoms with van der Waals surface area (Å²) in [7, 11) is 0. The number of nitrogens with one attached hydrogen (secondary N) is 2. The van der Waals surface area contributed by atoms with Crippen LogP contribution < -0.4 is 10.6 Å². The molecule has 1 saturated heterocycles. The van der Waals surface area contributed by atoms with Gasteiger partial charge in [-0.15, -0.1) is 0 Å². The molecule has 0 radical (unpaired) electrons. The largest absolute Gasteiger partial charge is 0.416 e. The van der Waals surface area contributed by atoms with Crippen LogP contribution in [0.5, 0.6) is 0 Å². The Labute approximate surface area is 238 Å². The fourth-order valence-electron chi connectivity index (χ4n) is 4.79. The first-order chi connectivity index (χ1) is 20.3. The summed E-state index contributed by atoms with van der Waals surface area (Å²) in [6.07, 6.45) is 4.09. The first-order valence-corrected chi connectivity index (χ1v) is 13.2. The van der Waals surface area contributed by atoms with E-state index in [1.807, 2.05) is 17.6 Å². The minimum atomic E-state index is -4.55. The third-order valence-corrected chi connectivity index (χ3v) is 6.97. The van der Waals surface area contributed by atoms with Crippen molar-refractivity contribution >= 4 is 34.4 Å². The number of halogens is 3. The van der Waals surface area contributed by atoms with E-state index in [0.717, 1.165) is 43.2 Å². The number of pyridine rings is 2. The minimum Gasteiger partial charge on any atom is -0.358 e. The number of rotatable bonds is 6. The molecule has 0 bridgehead atoms. The molecule has 10 nitrogen and oxygen atoms in total. The Kier molecular flexibility index (Phi) is 7.25. The summed E-state index contributed by atoms with van der Waals surface area (Å²) in [5, 5.41) is 5.72. The van der Waals surface area contributed by atoms with Crippen molar-refractivity contribution in [2.45, 2.75) is 38.6 Å². The Morgan fingerprint density at radius 3 is 2.71 bits per heavy atom. The maximum atomic E-state index is 13.1. The van der Waals surface area contributed by atoms with Crippen LogP contribution in [-0.4, -0.2) is 42.0 Å². The van der Waals surface area contributed by atoms with Crippen LogP contribution in [0.15, 0.2) is 67.5 Å². The molecule has 0 aliphatic carbocycles. The molecular formula is C29H25F3N8O2. The monoisotopic (exact) mass is 574 g/mol. The number of hydrogen-bond donors (Lipinski definition) is 2. The maximum Gasteiger partial charge on any atom is 0.416 e. The molecule has 214 valence electrons. The summed E-state index contributed by atoms with van der Waals surface area (Å²) in [6.45, 7) is 2.54. The zero-order valence-electron chi connectivity index (χ0n) is 22.4. The van der Waals surface area contributed by atoms with E-state index in [-0.39, 0.29) is 17.6 Å². The maximum absolute atomic E-state index is 13.1. The van der Waals surface area contributed by atoms with Gasteiger partial charge in [0.05, 0.1) is 11.9 Å². The van der Waals surface area contributed by atoms with E-state index in [9.17, 15) is 18.0 Å². The molecule has 1 aromatic carbocycles. The van der Waals surface area contributed by atoms with Gasteiger partial charge in [0.2, 0.25) is 0 Å². The van der Waals surface area contributed by atoms with Crippen molar-refractivity contribution < 1.29 is 22.7 Å². The van der Waals surface area contributed by atoms with Gasteiger partial charge < -0.3 is 15.4 Å². The van der Waals surface area contributed by atoms with Crippen LogP contribution in [0.2, 0.25) is 0 Å². The standard InChI is InChI=1S/C29H25F3N8O2/c1-17-7-8-18(28(41)39-22-14-19(9-11-33-22)29(30,31)32)13-21(17)38-26-20(5-4-10-34-26)24-25-27(36-15-35-24)40(16-37-25)23-6-2-3-12-42-23/h4-5,7-11,13-16,23H,2-3,6,12H2,1H3,(H,34,38)(H,33,39,41). The second kappa shape index (κ2) is 11.2. The second-order valence-corrected chi connectivity index (χ2v) is 9.80. The van der Waals surface area contributed by atoms with Crippen LogP contribution >= 0.6 is 0 Å². The third kappa shape index (κ3) is 5.50. The number of ether oxygens (including phenoxy) is 1. The predicted molar refractivity (Wildman–Crippen MR) is 149 cm³/mol. The molecular weight excluding hydrogens is 549 g/mol. The van der Waals surface area contributed by atoms with Crippen LogP contribution in [0.4, 0.5) is 30.5 Å². The molecule has 5 heterocycles. The topological polar surface area (TPSA) is 120 Å². The highest BCUT2D eigenvalue weighted by atomic mass is 19.4. The number of carbonyl (C=O) groups excluding carboxylic acids is 1. The van der Waals surface area contributed by atoms with E-state index >= 15 is 0 Å². The summed E-state index contributed by atoms with van der Waals surface area (Å²) >= 11 is 0. The average Bonchev–Trinajstić information content (AvgIpc) is 3.43. The van der Waals surface area contributed by atoms with Gasteiger partial charge in [0.1, 0.15) is 35.4 Å². The van der Waals surface area contributed by atoms with E-state index in [2.05, 4.69) is 35.6 Å². The fourth-order valence-corrected chi connectivity index (χ4v) is 4.79. The molecule has 1 aliphatic heterocycles. The third-order valence-electron chi connectivity index (χ3n) is 6.97. The highest BCUT2D eigenvalue weighted by Crippen LogP contribution is 2.34. The van der Waals surface area contributed by atoms with E-state index in [0.29, 0.717) is 40.5 Å². The van der Waals surface area contributed by atoms with Crippen molar-refractivity contribution in [3.8, 4) is 11.3 Å². The van der Waals surface area contributed by atoms with Crippen LogP contribution in [-0.2, 0) is 10.9 Å². The van der Waals surface area contributed by atoms with Gasteiger partial charge in [-0.05, 0) is 68.1 Å². The van der Waals surface area contributed by atoms with Crippen molar-refractivity contribution in [2.24, 2.45) is 0 Å². The zero-order chi connectivity index (χ0) is 29.3. The predicted octanol–water partition coefficient (Wildman–Crippen LogP) is 6.31. The first-order valence-electron chi connectivity index (χ1n) is 13.2. The van der Waals surface area contributed by atoms with Gasteiger partial charge in [-0.3, -0.25) is 9.36 Å². The van der Waals surface area contributed by atoms with E-state index in [1.165, 1.54) is 6.33 Å². The molecule has 1 amide bonds. The molecule has 4 aromatic heterocycles. The smallest absolute Gasteiger partial charge is 0.358 e. The lowest BCUT2D eigenvalue weighted by molar-refractivity contribution is -0.137. The normalized spacial score (nSPS) is 15.5. The second-order valence-electron chi connectivity index (χ2n) is 9.80. The fraction of sp³-hybridized carbons (Fsp3) is 0.241. The Morgan fingerprint density at radius 2 is 1.90 bits per heavy atom. The SMILES string of the molecule is Cc1ccc(C(=O)Nc2cc(C(F)(F)F)ccn2)cc1Nc1ncccc1-c1ncnc2c1ncn2C1CCCCO1. The number of aryl methyl sites for hydroxylation is 1. The van der Waals surface area contributed by atoms with Crippen LogP contribution in [0, 0.1) is 6.92 Å². The van der Waals surface area contributed by atoms with E-state index < -0.39 is 17.6 Å². The Bertz CT molecular complexity index is 1770. The first kappa shape index (κ1) is 27.3. The molecule has 0 saturated carbocycles. The van der Waals surface area contributed by atoms with Gasteiger partial charge >= 0.3 is 6.18 Å². The number of imidazole rings is 1. The summed E-state index contributed by atoms with van der Waals surface area (Å²) in [5.41, 5.74) is 3.19. The lowest BCUT2D eigenvalue weighted by atomic mass is 10.1. The highest BCUT2D eigenvalue weighted by molar-refractivity contribution is 6.04. The average molecular weight is 575 g/mol. The van der Waals surface area contributed by atoms with Crippen molar-refractivity contribution in [1.29, 1.82) is 0 Å². The van der Waals surface area contributed by atoms with Crippen molar-refractivity contribution in [2.75, 3.05) is 17.2 Å². The summed E-state index contributed by atoms with van der Waals surface area (Å²) in [4.78, 5) is 34.9. The van der Waals surface area contributed by atoms with Crippen LogP contribution in [0.25, 0.3) is 22.4 Å². The van der Waals surface area contributed by atoms with E-state index in [1.54, 1.807) is 36.8 Å². The van der Waals surface area contributed by atoms with Crippen molar-refractivity contribution in [3.63, 3.8) is 0 Å². The number of amides is 1. The number of fused-ring (bicyclic) bond motifs is 1. The lowest BCUT2D eigenvalue weighted by Gasteiger charge is -2.23. The summed E-state index contributed by atoms with van der Waals surface area (Å²) in [6, 6.07) is 10.2. The number of alkyl halides is 3. The molecule has 6 rings (SSSR count). The van der Waals surface area contributed by atoms with Crippen molar-refractivity contribution in [1.82, 2.24) is 29.5 Å². The molecule has 1 aliphatic rings. The molecule has 13 heteroatoms. The molecule has 0 spiro atoms. The molecule has 2 N–H and O–H groups in total. The Hall–Kier alpha value is -4.91. The van der Waals surface area contributed by atoms with Crippen LogP contribution in [0.1, 0.15) is 47.0 Å². The molecule has 5 aromatic rings. The van der Waals surface area contributed by atoms with Gasteiger partial charge in [-0.1, -0.05) is 6.07 Å². The zero-order valence-corrected chi connectivity index (χ0v) is 22.4.